The van der Waals surface area contributed by atoms with Gasteiger partial charge in [-0.25, -0.2) is 0 Å². The summed E-state index contributed by atoms with van der Waals surface area (Å²) in [6.07, 6.45) is 0. The average molecular weight is 307 g/mol. The van der Waals surface area contributed by atoms with E-state index in [9.17, 15) is 9.59 Å². The highest BCUT2D eigenvalue weighted by atomic mass is 35.5. The molecule has 2 aromatic rings. The molecular formula is C16H12Cl2O2. The van der Waals surface area contributed by atoms with Crippen LogP contribution in [0.3, 0.4) is 0 Å². The summed E-state index contributed by atoms with van der Waals surface area (Å²) in [6.45, 7) is 0. The van der Waals surface area contributed by atoms with Gasteiger partial charge in [0, 0.05) is 11.1 Å². The third-order valence-electron chi connectivity index (χ3n) is 2.94. The molecule has 4 heteroatoms. The first kappa shape index (κ1) is 14.8. The van der Waals surface area contributed by atoms with Gasteiger partial charge < -0.3 is 0 Å². The summed E-state index contributed by atoms with van der Waals surface area (Å²) >= 11 is 11.8. The lowest BCUT2D eigenvalue weighted by Gasteiger charge is -2.12. The molecule has 20 heavy (non-hydrogen) atoms. The van der Waals surface area contributed by atoms with E-state index in [2.05, 4.69) is 0 Å². The molecular weight excluding hydrogens is 295 g/mol. The van der Waals surface area contributed by atoms with Crippen molar-refractivity contribution in [2.24, 2.45) is 0 Å². The number of hydrogen-bond donors (Lipinski definition) is 0. The molecule has 0 spiro atoms. The van der Waals surface area contributed by atoms with Crippen LogP contribution in [0.15, 0.2) is 54.6 Å². The maximum absolute atomic E-state index is 12.3. The molecule has 0 aliphatic rings. The van der Waals surface area contributed by atoms with Gasteiger partial charge >= 0.3 is 0 Å². The zero-order valence-electron chi connectivity index (χ0n) is 10.6. The summed E-state index contributed by atoms with van der Waals surface area (Å²) in [4.78, 5) is 24.1. The molecule has 0 heterocycles. The normalized spacial score (nSPS) is 11.9. The molecule has 0 aromatic heterocycles. The van der Waals surface area contributed by atoms with E-state index in [1.165, 1.54) is 0 Å². The fourth-order valence-corrected chi connectivity index (χ4v) is 2.39. The van der Waals surface area contributed by atoms with E-state index in [0.717, 1.165) is 0 Å². The minimum atomic E-state index is -0.902. The van der Waals surface area contributed by atoms with Crippen LogP contribution >= 0.6 is 23.2 Å². The molecule has 0 N–H and O–H groups in total. The molecule has 0 amide bonds. The van der Waals surface area contributed by atoms with Crippen LogP contribution in [-0.4, -0.2) is 17.4 Å². The van der Waals surface area contributed by atoms with E-state index in [1.807, 2.05) is 6.07 Å². The zero-order valence-corrected chi connectivity index (χ0v) is 12.1. The van der Waals surface area contributed by atoms with Crippen LogP contribution in [0.25, 0.3) is 0 Å². The maximum Gasteiger partial charge on any atom is 0.185 e. The monoisotopic (exact) mass is 306 g/mol. The van der Waals surface area contributed by atoms with Crippen molar-refractivity contribution >= 4 is 34.8 Å². The standard InChI is InChI=1S/C16H12Cl2O2/c17-10-14(19)12-8-4-5-9-13(12)15(18)16(20)11-6-2-1-3-7-11/h1-9,15H,10H2/t15-/m0/s1. The number of rotatable bonds is 5. The van der Waals surface area contributed by atoms with Crippen LogP contribution in [0.5, 0.6) is 0 Å². The van der Waals surface area contributed by atoms with E-state index >= 15 is 0 Å². The molecule has 0 bridgehead atoms. The van der Waals surface area contributed by atoms with Gasteiger partial charge in [0.05, 0.1) is 5.88 Å². The highest BCUT2D eigenvalue weighted by Crippen LogP contribution is 2.28. The predicted molar refractivity (Wildman–Crippen MR) is 80.9 cm³/mol. The number of ketones is 2. The zero-order chi connectivity index (χ0) is 14.5. The maximum atomic E-state index is 12.3. The first-order valence-electron chi connectivity index (χ1n) is 6.06. The summed E-state index contributed by atoms with van der Waals surface area (Å²) in [5.41, 5.74) is 1.40. The predicted octanol–water partition coefficient (Wildman–Crippen LogP) is 4.27. The molecule has 0 aliphatic heterocycles. The van der Waals surface area contributed by atoms with E-state index in [-0.39, 0.29) is 17.4 Å². The number of Topliss-reactive ketones (excluding diaryl/α,β-unsaturated/α-hetero) is 2. The van der Waals surface area contributed by atoms with Gasteiger partial charge in [0.1, 0.15) is 5.38 Å². The molecule has 0 radical (unpaired) electrons. The smallest absolute Gasteiger partial charge is 0.185 e. The Morgan fingerprint density at radius 2 is 1.55 bits per heavy atom. The van der Waals surface area contributed by atoms with Crippen LogP contribution in [-0.2, 0) is 0 Å². The largest absolute Gasteiger partial charge is 0.293 e. The fraction of sp³-hybridized carbons (Fsp3) is 0.125. The number of hydrogen-bond acceptors (Lipinski definition) is 2. The molecule has 2 rings (SSSR count). The molecule has 0 aliphatic carbocycles. The van der Waals surface area contributed by atoms with Gasteiger partial charge in [-0.05, 0) is 5.56 Å². The van der Waals surface area contributed by atoms with Crippen molar-refractivity contribution in [2.45, 2.75) is 5.38 Å². The molecule has 102 valence electrons. The SMILES string of the molecule is O=C(CCl)c1ccccc1[C@H](Cl)C(=O)c1ccccc1. The van der Waals surface area contributed by atoms with Crippen molar-refractivity contribution in [3.63, 3.8) is 0 Å². The van der Waals surface area contributed by atoms with Crippen molar-refractivity contribution in [3.8, 4) is 0 Å². The average Bonchev–Trinajstić information content (AvgIpc) is 2.53. The lowest BCUT2D eigenvalue weighted by atomic mass is 9.96. The number of carbonyl (C=O) groups excluding carboxylic acids is 2. The summed E-state index contributed by atoms with van der Waals surface area (Å²) in [5.74, 6) is -0.615. The van der Waals surface area contributed by atoms with E-state index in [1.54, 1.807) is 48.5 Å². The Kier molecular flexibility index (Phi) is 4.94. The summed E-state index contributed by atoms with van der Waals surface area (Å²) in [7, 11) is 0. The van der Waals surface area contributed by atoms with Crippen LogP contribution in [0.2, 0.25) is 0 Å². The van der Waals surface area contributed by atoms with Gasteiger partial charge in [0.15, 0.2) is 11.6 Å². The lowest BCUT2D eigenvalue weighted by Crippen LogP contribution is -2.13. The Labute approximate surface area is 127 Å². The minimum Gasteiger partial charge on any atom is -0.293 e. The van der Waals surface area contributed by atoms with Crippen molar-refractivity contribution in [3.05, 3.63) is 71.3 Å². The van der Waals surface area contributed by atoms with Gasteiger partial charge in [0.2, 0.25) is 0 Å². The van der Waals surface area contributed by atoms with Crippen molar-refractivity contribution in [1.82, 2.24) is 0 Å². The summed E-state index contributed by atoms with van der Waals surface area (Å²) in [5, 5.41) is -0.902. The topological polar surface area (TPSA) is 34.1 Å². The van der Waals surface area contributed by atoms with Crippen LogP contribution in [0.1, 0.15) is 31.7 Å². The van der Waals surface area contributed by atoms with Gasteiger partial charge in [-0.15, -0.1) is 23.2 Å². The van der Waals surface area contributed by atoms with Gasteiger partial charge in [-0.2, -0.15) is 0 Å². The lowest BCUT2D eigenvalue weighted by molar-refractivity contribution is 0.0986. The highest BCUT2D eigenvalue weighted by Gasteiger charge is 2.23. The second kappa shape index (κ2) is 6.69. The minimum absolute atomic E-state index is 0.139. The molecule has 2 nitrogen and oxygen atoms in total. The Bertz CT molecular complexity index is 623. The van der Waals surface area contributed by atoms with Gasteiger partial charge in [-0.1, -0.05) is 54.6 Å². The van der Waals surface area contributed by atoms with Crippen LogP contribution < -0.4 is 0 Å². The van der Waals surface area contributed by atoms with E-state index in [0.29, 0.717) is 16.7 Å². The second-order valence-corrected chi connectivity index (χ2v) is 4.94. The summed E-state index contributed by atoms with van der Waals surface area (Å²) < 4.78 is 0. The molecule has 0 unspecified atom stereocenters. The Hall–Kier alpha value is -1.64. The van der Waals surface area contributed by atoms with E-state index in [4.69, 9.17) is 23.2 Å². The number of benzene rings is 2. The van der Waals surface area contributed by atoms with Gasteiger partial charge in [-0.3, -0.25) is 9.59 Å². The molecule has 2 aromatic carbocycles. The second-order valence-electron chi connectivity index (χ2n) is 4.24. The first-order chi connectivity index (χ1) is 9.65. The van der Waals surface area contributed by atoms with E-state index < -0.39 is 5.38 Å². The Morgan fingerprint density at radius 1 is 0.950 bits per heavy atom. The number of halogens is 2. The number of carbonyl (C=O) groups is 2. The van der Waals surface area contributed by atoms with Gasteiger partial charge in [0.25, 0.3) is 0 Å². The highest BCUT2D eigenvalue weighted by molar-refractivity contribution is 6.35. The number of alkyl halides is 2. The van der Waals surface area contributed by atoms with Crippen molar-refractivity contribution < 1.29 is 9.59 Å². The van der Waals surface area contributed by atoms with Crippen LogP contribution in [0, 0.1) is 0 Å². The first-order valence-corrected chi connectivity index (χ1v) is 7.03. The third-order valence-corrected chi connectivity index (χ3v) is 3.62. The molecule has 0 fully saturated rings. The quantitative estimate of drug-likeness (QED) is 0.610. The van der Waals surface area contributed by atoms with Crippen molar-refractivity contribution in [1.29, 1.82) is 0 Å². The third kappa shape index (κ3) is 3.09. The fourth-order valence-electron chi connectivity index (χ4n) is 1.93. The Balaban J connectivity index is 2.37. The molecule has 0 saturated carbocycles. The van der Waals surface area contributed by atoms with Crippen molar-refractivity contribution in [2.75, 3.05) is 5.88 Å². The Morgan fingerprint density at radius 3 is 2.20 bits per heavy atom. The molecule has 1 atom stereocenters. The molecule has 0 saturated heterocycles. The summed E-state index contributed by atoms with van der Waals surface area (Å²) in [6, 6.07) is 15.5. The van der Waals surface area contributed by atoms with Crippen LogP contribution in [0.4, 0.5) is 0 Å².